The number of hydrogen-bond acceptors (Lipinski definition) is 4. The van der Waals surface area contributed by atoms with E-state index < -0.39 is 6.04 Å². The summed E-state index contributed by atoms with van der Waals surface area (Å²) in [7, 11) is 1.82. The van der Waals surface area contributed by atoms with Crippen LogP contribution in [0, 0.1) is 0 Å². The van der Waals surface area contributed by atoms with E-state index in [0.717, 1.165) is 34.4 Å². The fraction of sp³-hybridized carbons (Fsp3) is 0.308. The van der Waals surface area contributed by atoms with E-state index in [4.69, 9.17) is 5.73 Å². The van der Waals surface area contributed by atoms with Crippen LogP contribution in [-0.4, -0.2) is 36.4 Å². The van der Waals surface area contributed by atoms with Crippen molar-refractivity contribution >= 4 is 17.9 Å². The minimum atomic E-state index is -0.577. The lowest BCUT2D eigenvalue weighted by Crippen LogP contribution is -2.38. The molecule has 4 N–H and O–H groups in total. The summed E-state index contributed by atoms with van der Waals surface area (Å²) in [5.74, 6) is -0.281. The third-order valence-electron chi connectivity index (χ3n) is 5.50. The third kappa shape index (κ3) is 4.75. The van der Waals surface area contributed by atoms with Gasteiger partial charge in [-0.25, -0.2) is 0 Å². The van der Waals surface area contributed by atoms with Gasteiger partial charge in [-0.05, 0) is 44.4 Å². The SMILES string of the molecule is CNc1c(-c2ccccc2)c(-c2ccccc2)n(C(C)C)c1C(=O)NC(C=O)CCCN. The first-order valence-electron chi connectivity index (χ1n) is 11.1. The monoisotopic (exact) mass is 432 g/mol. The fourth-order valence-electron chi connectivity index (χ4n) is 4.09. The number of rotatable bonds is 10. The highest BCUT2D eigenvalue weighted by molar-refractivity contribution is 6.07. The number of aldehydes is 1. The summed E-state index contributed by atoms with van der Waals surface area (Å²) >= 11 is 0. The smallest absolute Gasteiger partial charge is 0.270 e. The molecule has 0 saturated heterocycles. The molecule has 0 aliphatic carbocycles. The maximum Gasteiger partial charge on any atom is 0.270 e. The van der Waals surface area contributed by atoms with Crippen LogP contribution in [0.4, 0.5) is 5.69 Å². The number of amides is 1. The van der Waals surface area contributed by atoms with Crippen molar-refractivity contribution in [2.45, 2.75) is 38.8 Å². The predicted octanol–water partition coefficient (Wildman–Crippen LogP) is 4.48. The summed E-state index contributed by atoms with van der Waals surface area (Å²) in [5, 5.41) is 6.18. The second kappa shape index (κ2) is 10.8. The summed E-state index contributed by atoms with van der Waals surface area (Å²) < 4.78 is 2.06. The number of nitrogens with one attached hydrogen (secondary N) is 2. The summed E-state index contributed by atoms with van der Waals surface area (Å²) in [6.07, 6.45) is 1.96. The van der Waals surface area contributed by atoms with E-state index in [-0.39, 0.29) is 11.9 Å². The average molecular weight is 433 g/mol. The highest BCUT2D eigenvalue weighted by Gasteiger charge is 2.30. The van der Waals surface area contributed by atoms with E-state index in [0.29, 0.717) is 25.1 Å². The lowest BCUT2D eigenvalue weighted by molar-refractivity contribution is -0.109. The van der Waals surface area contributed by atoms with Crippen LogP contribution in [0.2, 0.25) is 0 Å². The first kappa shape index (κ1) is 23.3. The van der Waals surface area contributed by atoms with Crippen molar-refractivity contribution in [1.82, 2.24) is 9.88 Å². The average Bonchev–Trinajstić information content (AvgIpc) is 3.18. The van der Waals surface area contributed by atoms with Crippen molar-refractivity contribution in [3.05, 3.63) is 66.4 Å². The van der Waals surface area contributed by atoms with Crippen LogP contribution in [0.5, 0.6) is 0 Å². The molecule has 2 aromatic carbocycles. The number of nitrogens with zero attached hydrogens (tertiary/aromatic N) is 1. The van der Waals surface area contributed by atoms with Crippen LogP contribution in [0.15, 0.2) is 60.7 Å². The normalized spacial score (nSPS) is 11.9. The van der Waals surface area contributed by atoms with Gasteiger partial charge >= 0.3 is 0 Å². The molecule has 0 aliphatic heterocycles. The largest absolute Gasteiger partial charge is 0.386 e. The summed E-state index contributed by atoms with van der Waals surface area (Å²) in [6, 6.07) is 19.6. The van der Waals surface area contributed by atoms with E-state index >= 15 is 0 Å². The maximum atomic E-state index is 13.5. The predicted molar refractivity (Wildman–Crippen MR) is 131 cm³/mol. The van der Waals surface area contributed by atoms with Gasteiger partial charge in [0.05, 0.1) is 17.4 Å². The number of hydrogen-bond donors (Lipinski definition) is 3. The van der Waals surface area contributed by atoms with E-state index in [1.165, 1.54) is 0 Å². The molecule has 6 heteroatoms. The van der Waals surface area contributed by atoms with Crippen LogP contribution in [0.25, 0.3) is 22.4 Å². The van der Waals surface area contributed by atoms with Gasteiger partial charge in [-0.1, -0.05) is 60.7 Å². The Balaban J connectivity index is 2.26. The number of nitrogens with two attached hydrogens (primary N) is 1. The Labute approximate surface area is 189 Å². The van der Waals surface area contributed by atoms with Crippen molar-refractivity contribution in [2.24, 2.45) is 5.73 Å². The fourth-order valence-corrected chi connectivity index (χ4v) is 4.09. The molecule has 1 atom stereocenters. The van der Waals surface area contributed by atoms with Gasteiger partial charge < -0.3 is 25.7 Å². The van der Waals surface area contributed by atoms with Crippen LogP contribution >= 0.6 is 0 Å². The molecule has 3 aromatic rings. The molecule has 0 fully saturated rings. The molecule has 168 valence electrons. The second-order valence-electron chi connectivity index (χ2n) is 8.04. The molecule has 1 heterocycles. The van der Waals surface area contributed by atoms with Crippen LogP contribution in [0.1, 0.15) is 43.2 Å². The molecule has 32 heavy (non-hydrogen) atoms. The molecule has 1 amide bonds. The van der Waals surface area contributed by atoms with E-state index in [1.807, 2.05) is 55.6 Å². The van der Waals surface area contributed by atoms with Crippen molar-refractivity contribution in [1.29, 1.82) is 0 Å². The summed E-state index contributed by atoms with van der Waals surface area (Å²) in [6.45, 7) is 4.59. The van der Waals surface area contributed by atoms with Gasteiger partial charge in [0.15, 0.2) is 0 Å². The van der Waals surface area contributed by atoms with Crippen LogP contribution < -0.4 is 16.4 Å². The molecule has 0 radical (unpaired) electrons. The molecule has 0 spiro atoms. The van der Waals surface area contributed by atoms with Gasteiger partial charge in [0.2, 0.25) is 0 Å². The summed E-state index contributed by atoms with van der Waals surface area (Å²) in [5.41, 5.74) is 10.8. The molecule has 1 unspecified atom stereocenters. The Morgan fingerprint density at radius 2 is 1.62 bits per heavy atom. The van der Waals surface area contributed by atoms with Crippen molar-refractivity contribution in [2.75, 3.05) is 18.9 Å². The standard InChI is InChI=1S/C26H32N4O2/c1-18(2)30-24(20-13-8-5-9-14-20)22(19-11-6-4-7-12-19)23(28-3)25(30)26(32)29-21(17-31)15-10-16-27/h4-9,11-14,17-18,21,28H,10,15-16,27H2,1-3H3,(H,29,32). The lowest BCUT2D eigenvalue weighted by atomic mass is 9.99. The third-order valence-corrected chi connectivity index (χ3v) is 5.50. The Morgan fingerprint density at radius 3 is 2.12 bits per heavy atom. The first-order valence-corrected chi connectivity index (χ1v) is 11.1. The first-order chi connectivity index (χ1) is 15.5. The van der Waals surface area contributed by atoms with Gasteiger partial charge in [0, 0.05) is 18.7 Å². The maximum absolute atomic E-state index is 13.5. The van der Waals surface area contributed by atoms with Crippen molar-refractivity contribution in [3.63, 3.8) is 0 Å². The zero-order valence-electron chi connectivity index (χ0n) is 19.0. The Kier molecular flexibility index (Phi) is 7.84. The number of carbonyl (C=O) groups is 2. The van der Waals surface area contributed by atoms with Crippen molar-refractivity contribution < 1.29 is 9.59 Å². The zero-order chi connectivity index (χ0) is 23.1. The van der Waals surface area contributed by atoms with E-state index in [2.05, 4.69) is 41.2 Å². The van der Waals surface area contributed by atoms with E-state index in [1.54, 1.807) is 0 Å². The Hall–Kier alpha value is -3.38. The number of benzene rings is 2. The molecular formula is C26H32N4O2. The molecule has 0 saturated carbocycles. The molecular weight excluding hydrogens is 400 g/mol. The van der Waals surface area contributed by atoms with Gasteiger partial charge in [0.1, 0.15) is 12.0 Å². The van der Waals surface area contributed by atoms with Gasteiger partial charge in [0.25, 0.3) is 5.91 Å². The quantitative estimate of drug-likeness (QED) is 0.412. The molecule has 0 bridgehead atoms. The van der Waals surface area contributed by atoms with Crippen LogP contribution in [-0.2, 0) is 4.79 Å². The zero-order valence-corrected chi connectivity index (χ0v) is 19.0. The highest BCUT2D eigenvalue weighted by Crippen LogP contribution is 2.44. The molecule has 1 aromatic heterocycles. The lowest BCUT2D eigenvalue weighted by Gasteiger charge is -2.19. The number of carbonyl (C=O) groups excluding carboxylic acids is 2. The second-order valence-corrected chi connectivity index (χ2v) is 8.04. The van der Waals surface area contributed by atoms with E-state index in [9.17, 15) is 9.59 Å². The highest BCUT2D eigenvalue weighted by atomic mass is 16.2. The van der Waals surface area contributed by atoms with Crippen LogP contribution in [0.3, 0.4) is 0 Å². The topological polar surface area (TPSA) is 89.2 Å². The molecule has 3 rings (SSSR count). The summed E-state index contributed by atoms with van der Waals surface area (Å²) in [4.78, 5) is 25.1. The molecule has 0 aliphatic rings. The number of aromatic nitrogens is 1. The van der Waals surface area contributed by atoms with Gasteiger partial charge in [-0.15, -0.1) is 0 Å². The molecule has 6 nitrogen and oxygen atoms in total. The van der Waals surface area contributed by atoms with Gasteiger partial charge in [-0.3, -0.25) is 4.79 Å². The Bertz CT molecular complexity index is 1040. The van der Waals surface area contributed by atoms with Gasteiger partial charge in [-0.2, -0.15) is 0 Å². The number of anilines is 1. The minimum Gasteiger partial charge on any atom is -0.386 e. The Morgan fingerprint density at radius 1 is 1.03 bits per heavy atom. The minimum absolute atomic E-state index is 0.00856. The van der Waals surface area contributed by atoms with Crippen molar-refractivity contribution in [3.8, 4) is 22.4 Å².